The predicted molar refractivity (Wildman–Crippen MR) is 107 cm³/mol. The summed E-state index contributed by atoms with van der Waals surface area (Å²) in [5.74, 6) is -2.44. The Hall–Kier alpha value is -3.08. The van der Waals surface area contributed by atoms with Crippen LogP contribution >= 0.6 is 11.6 Å². The third kappa shape index (κ3) is 3.81. The van der Waals surface area contributed by atoms with Crippen LogP contribution in [0.1, 0.15) is 34.3 Å². The minimum atomic E-state index is -4.84. The molecule has 170 valence electrons. The molecule has 2 aromatic rings. The third-order valence-corrected chi connectivity index (χ3v) is 6.01. The molecule has 2 aliphatic rings. The van der Waals surface area contributed by atoms with Crippen LogP contribution in [0.25, 0.3) is 0 Å². The van der Waals surface area contributed by atoms with Gasteiger partial charge in [0.05, 0.1) is 21.7 Å². The lowest BCUT2D eigenvalue weighted by atomic mass is 10.0. The van der Waals surface area contributed by atoms with Crippen LogP contribution in [-0.4, -0.2) is 57.2 Å². The van der Waals surface area contributed by atoms with E-state index in [9.17, 15) is 27.6 Å². The van der Waals surface area contributed by atoms with Crippen molar-refractivity contribution in [1.82, 2.24) is 9.88 Å². The monoisotopic (exact) mass is 472 g/mol. The number of aromatic carboxylic acids is 1. The minimum Gasteiger partial charge on any atom is -0.478 e. The highest BCUT2D eigenvalue weighted by Crippen LogP contribution is 2.39. The molecular formula is C20H17ClF4N4O3. The van der Waals surface area contributed by atoms with Crippen LogP contribution in [-0.2, 0) is 6.18 Å². The second-order valence-electron chi connectivity index (χ2n) is 7.62. The Bertz CT molecular complexity index is 1080. The zero-order valence-corrected chi connectivity index (χ0v) is 17.1. The molecule has 12 heteroatoms. The fraction of sp³-hybridized carbons (Fsp3) is 0.350. The summed E-state index contributed by atoms with van der Waals surface area (Å²) in [6, 6.07) is 3.08. The summed E-state index contributed by atoms with van der Waals surface area (Å²) in [5.41, 5.74) is -2.09. The van der Waals surface area contributed by atoms with Gasteiger partial charge in [-0.25, -0.2) is 14.2 Å². The van der Waals surface area contributed by atoms with Gasteiger partial charge in [-0.3, -0.25) is 0 Å². The molecule has 2 fully saturated rings. The first-order valence-electron chi connectivity index (χ1n) is 9.62. The fourth-order valence-electron chi connectivity index (χ4n) is 4.42. The van der Waals surface area contributed by atoms with Gasteiger partial charge in [-0.15, -0.1) is 0 Å². The van der Waals surface area contributed by atoms with E-state index in [4.69, 9.17) is 16.7 Å². The van der Waals surface area contributed by atoms with Gasteiger partial charge in [0.1, 0.15) is 11.6 Å². The van der Waals surface area contributed by atoms with Crippen LogP contribution < -0.4 is 4.90 Å². The first kappa shape index (κ1) is 22.1. The number of anilines is 1. The van der Waals surface area contributed by atoms with Crippen molar-refractivity contribution in [2.75, 3.05) is 18.0 Å². The minimum absolute atomic E-state index is 0.0747. The lowest BCUT2D eigenvalue weighted by Crippen LogP contribution is -2.56. The van der Waals surface area contributed by atoms with Gasteiger partial charge in [0.25, 0.3) is 0 Å². The van der Waals surface area contributed by atoms with Crippen LogP contribution in [0.15, 0.2) is 35.6 Å². The normalized spacial score (nSPS) is 21.2. The van der Waals surface area contributed by atoms with Gasteiger partial charge in [-0.1, -0.05) is 22.8 Å². The number of fused-ring (bicyclic) bond motifs is 2. The van der Waals surface area contributed by atoms with E-state index < -0.39 is 47.0 Å². The second-order valence-corrected chi connectivity index (χ2v) is 8.02. The molecule has 2 atom stereocenters. The average molecular weight is 473 g/mol. The molecule has 0 aliphatic carbocycles. The van der Waals surface area contributed by atoms with Gasteiger partial charge in [-0.05, 0) is 31.0 Å². The largest absolute Gasteiger partial charge is 0.478 e. The summed E-state index contributed by atoms with van der Waals surface area (Å²) in [4.78, 5) is 18.6. The number of carbonyl (C=O) groups is 1. The zero-order chi connectivity index (χ0) is 23.2. The topological polar surface area (TPSA) is 89.3 Å². The maximum atomic E-state index is 14.5. The highest BCUT2D eigenvalue weighted by atomic mass is 35.5. The molecule has 0 amide bonds. The number of aromatic nitrogens is 1. The van der Waals surface area contributed by atoms with Gasteiger partial charge in [0.15, 0.2) is 5.84 Å². The number of pyridine rings is 1. The quantitative estimate of drug-likeness (QED) is 0.230. The Morgan fingerprint density at radius 1 is 1.22 bits per heavy atom. The van der Waals surface area contributed by atoms with Crippen molar-refractivity contribution in [2.45, 2.75) is 31.1 Å². The Morgan fingerprint density at radius 2 is 1.88 bits per heavy atom. The van der Waals surface area contributed by atoms with E-state index in [1.165, 1.54) is 17.2 Å². The van der Waals surface area contributed by atoms with E-state index in [0.717, 1.165) is 18.2 Å². The molecule has 2 bridgehead atoms. The Kier molecular flexibility index (Phi) is 5.61. The number of carboxylic acid groups (broad SMARTS) is 1. The number of nitrogens with zero attached hydrogens (tertiary/aromatic N) is 4. The molecule has 7 nitrogen and oxygen atoms in total. The van der Waals surface area contributed by atoms with Gasteiger partial charge < -0.3 is 20.1 Å². The van der Waals surface area contributed by atoms with Crippen LogP contribution in [0, 0.1) is 5.82 Å². The van der Waals surface area contributed by atoms with E-state index >= 15 is 0 Å². The van der Waals surface area contributed by atoms with Crippen LogP contribution in [0.3, 0.4) is 0 Å². The van der Waals surface area contributed by atoms with Crippen LogP contribution in [0.5, 0.6) is 0 Å². The number of benzene rings is 1. The SMILES string of the molecule is O=C(O)c1cnc(N2CC3CCC(C2)N3C(=NO)c2c(F)cccc2C(F)(F)F)c(Cl)c1. The number of rotatable bonds is 3. The summed E-state index contributed by atoms with van der Waals surface area (Å²) < 4.78 is 55.1. The molecule has 0 spiro atoms. The smallest absolute Gasteiger partial charge is 0.417 e. The number of amidine groups is 1. The molecule has 2 saturated heterocycles. The Morgan fingerprint density at radius 3 is 2.41 bits per heavy atom. The predicted octanol–water partition coefficient (Wildman–Crippen LogP) is 4.08. The number of halogens is 5. The molecule has 2 N–H and O–H groups in total. The number of piperazine rings is 1. The zero-order valence-electron chi connectivity index (χ0n) is 16.4. The molecular weight excluding hydrogens is 456 g/mol. The maximum absolute atomic E-state index is 14.5. The van der Waals surface area contributed by atoms with Crippen molar-refractivity contribution in [3.05, 3.63) is 58.0 Å². The molecule has 1 aromatic carbocycles. The fourth-order valence-corrected chi connectivity index (χ4v) is 4.71. The lowest BCUT2D eigenvalue weighted by Gasteiger charge is -2.43. The number of hydrogen-bond donors (Lipinski definition) is 2. The van der Waals surface area contributed by atoms with Crippen molar-refractivity contribution in [3.63, 3.8) is 0 Å². The Labute approximate surface area is 184 Å². The van der Waals surface area contributed by atoms with Crippen molar-refractivity contribution in [2.24, 2.45) is 5.16 Å². The van der Waals surface area contributed by atoms with Crippen molar-refractivity contribution in [1.29, 1.82) is 0 Å². The second kappa shape index (κ2) is 8.12. The van der Waals surface area contributed by atoms with Crippen LogP contribution in [0.2, 0.25) is 5.02 Å². The van der Waals surface area contributed by atoms with Gasteiger partial charge in [-0.2, -0.15) is 13.2 Å². The standard InChI is InChI=1S/C20H17ClF4N4O3/c21-14-6-10(19(30)31)7-26-17(14)28-8-11-4-5-12(9-28)29(11)18(27-32)16-13(20(23,24)25)2-1-3-15(16)22/h1-3,6-7,11-12,32H,4-5,8-9H2,(H,30,31). The summed E-state index contributed by atoms with van der Waals surface area (Å²) in [6.45, 7) is 0.537. The number of alkyl halides is 3. The molecule has 2 aliphatic heterocycles. The third-order valence-electron chi connectivity index (χ3n) is 5.73. The summed E-state index contributed by atoms with van der Waals surface area (Å²) in [7, 11) is 0. The van der Waals surface area contributed by atoms with E-state index in [1.54, 1.807) is 4.90 Å². The first-order chi connectivity index (χ1) is 15.1. The van der Waals surface area contributed by atoms with Crippen molar-refractivity contribution >= 4 is 29.2 Å². The number of carboxylic acids is 1. The molecule has 1 aromatic heterocycles. The molecule has 3 heterocycles. The van der Waals surface area contributed by atoms with E-state index in [-0.39, 0.29) is 23.7 Å². The molecule has 4 rings (SSSR count). The number of oxime groups is 1. The highest BCUT2D eigenvalue weighted by Gasteiger charge is 2.46. The highest BCUT2D eigenvalue weighted by molar-refractivity contribution is 6.33. The Balaban J connectivity index is 1.66. The van der Waals surface area contributed by atoms with E-state index in [2.05, 4.69) is 10.1 Å². The molecule has 0 saturated carbocycles. The molecule has 0 radical (unpaired) electrons. The van der Waals surface area contributed by atoms with E-state index in [1.807, 2.05) is 0 Å². The first-order valence-corrected chi connectivity index (χ1v) is 10.00. The molecule has 32 heavy (non-hydrogen) atoms. The van der Waals surface area contributed by atoms with Gasteiger partial charge in [0, 0.05) is 31.4 Å². The lowest BCUT2D eigenvalue weighted by molar-refractivity contribution is -0.138. The van der Waals surface area contributed by atoms with E-state index in [0.29, 0.717) is 18.7 Å². The summed E-state index contributed by atoms with van der Waals surface area (Å²) in [6.07, 6.45) is -2.52. The molecule has 2 unspecified atom stereocenters. The summed E-state index contributed by atoms with van der Waals surface area (Å²) in [5, 5.41) is 21.9. The van der Waals surface area contributed by atoms with Gasteiger partial charge >= 0.3 is 12.1 Å². The van der Waals surface area contributed by atoms with Crippen LogP contribution in [0.4, 0.5) is 23.4 Å². The maximum Gasteiger partial charge on any atom is 0.417 e. The van der Waals surface area contributed by atoms with Crippen molar-refractivity contribution in [3.8, 4) is 0 Å². The number of hydrogen-bond acceptors (Lipinski definition) is 5. The summed E-state index contributed by atoms with van der Waals surface area (Å²) >= 11 is 6.22. The van der Waals surface area contributed by atoms with Gasteiger partial charge in [0.2, 0.25) is 0 Å². The van der Waals surface area contributed by atoms with Crippen molar-refractivity contribution < 1.29 is 32.7 Å². The average Bonchev–Trinajstić information content (AvgIpc) is 2.97.